The molecule has 0 saturated heterocycles. The van der Waals surface area contributed by atoms with Crippen molar-refractivity contribution in [3.63, 3.8) is 0 Å². The number of aromatic hydroxyl groups is 1. The van der Waals surface area contributed by atoms with E-state index in [0.717, 1.165) is 5.56 Å². The molecule has 1 aromatic carbocycles. The molecule has 5 heteroatoms. The van der Waals surface area contributed by atoms with E-state index in [-0.39, 0.29) is 11.5 Å². The van der Waals surface area contributed by atoms with Gasteiger partial charge in [-0.1, -0.05) is 12.1 Å². The van der Waals surface area contributed by atoms with Crippen LogP contribution in [0.5, 0.6) is 5.75 Å². The zero-order chi connectivity index (χ0) is 15.4. The van der Waals surface area contributed by atoms with Crippen molar-refractivity contribution in [2.45, 2.75) is 19.4 Å². The number of hydrogen-bond donors (Lipinski definition) is 1. The number of ether oxygens (including phenoxy) is 1. The molecule has 0 fully saturated rings. The largest absolute Gasteiger partial charge is 0.508 e. The van der Waals surface area contributed by atoms with E-state index in [1.807, 2.05) is 0 Å². The number of aromatic nitrogens is 1. The van der Waals surface area contributed by atoms with Crippen molar-refractivity contribution in [2.75, 3.05) is 7.11 Å². The minimum atomic E-state index is -0.617. The van der Waals surface area contributed by atoms with E-state index in [9.17, 15) is 14.7 Å². The lowest BCUT2D eigenvalue weighted by molar-refractivity contribution is -0.144. The van der Waals surface area contributed by atoms with E-state index in [1.165, 1.54) is 14.0 Å². The number of carbonyl (C=O) groups excluding carboxylic acids is 2. The van der Waals surface area contributed by atoms with Gasteiger partial charge in [0.1, 0.15) is 11.8 Å². The lowest BCUT2D eigenvalue weighted by atomic mass is 10.1. The summed E-state index contributed by atoms with van der Waals surface area (Å²) in [5.74, 6) is -0.361. The van der Waals surface area contributed by atoms with E-state index in [4.69, 9.17) is 4.74 Å². The summed E-state index contributed by atoms with van der Waals surface area (Å²) in [4.78, 5) is 23.7. The number of Topliss-reactive ketones (excluding diaryl/α,β-unsaturated/α-hetero) is 1. The number of nitrogens with zero attached hydrogens (tertiary/aromatic N) is 1. The molecule has 2 rings (SSSR count). The standard InChI is InChI=1S/C16H17NO4/c1-11(18)14-4-3-9-17(14)15(16(20)21-2)10-12-5-7-13(19)8-6-12/h3-9,15,19H,10H2,1-2H3/t15-/m0/s1. The van der Waals surface area contributed by atoms with Gasteiger partial charge in [-0.15, -0.1) is 0 Å². The van der Waals surface area contributed by atoms with Crippen LogP contribution >= 0.6 is 0 Å². The molecule has 0 aliphatic carbocycles. The Morgan fingerprint density at radius 2 is 1.90 bits per heavy atom. The average molecular weight is 287 g/mol. The van der Waals surface area contributed by atoms with Gasteiger partial charge in [0.25, 0.3) is 0 Å². The van der Waals surface area contributed by atoms with E-state index in [0.29, 0.717) is 12.1 Å². The molecule has 0 amide bonds. The van der Waals surface area contributed by atoms with Crippen LogP contribution in [0, 0.1) is 0 Å². The average Bonchev–Trinajstić information content (AvgIpc) is 2.95. The first-order chi connectivity index (χ1) is 10.0. The molecule has 110 valence electrons. The van der Waals surface area contributed by atoms with Crippen LogP contribution in [0.25, 0.3) is 0 Å². The van der Waals surface area contributed by atoms with Gasteiger partial charge in [-0.3, -0.25) is 4.79 Å². The molecule has 0 saturated carbocycles. The van der Waals surface area contributed by atoms with E-state index < -0.39 is 12.0 Å². The molecule has 1 atom stereocenters. The molecule has 0 unspecified atom stereocenters. The van der Waals surface area contributed by atoms with E-state index in [2.05, 4.69) is 0 Å². The van der Waals surface area contributed by atoms with Gasteiger partial charge in [0, 0.05) is 19.5 Å². The third-order valence-corrected chi connectivity index (χ3v) is 3.31. The summed E-state index contributed by atoms with van der Waals surface area (Å²) < 4.78 is 6.47. The van der Waals surface area contributed by atoms with Crippen LogP contribution in [0.3, 0.4) is 0 Å². The Morgan fingerprint density at radius 3 is 2.48 bits per heavy atom. The molecule has 0 bridgehead atoms. The van der Waals surface area contributed by atoms with Crippen molar-refractivity contribution in [3.05, 3.63) is 53.9 Å². The number of phenols is 1. The molecule has 0 aliphatic rings. The number of ketones is 1. The van der Waals surface area contributed by atoms with Crippen molar-refractivity contribution >= 4 is 11.8 Å². The molecular formula is C16H17NO4. The maximum absolute atomic E-state index is 12.1. The van der Waals surface area contributed by atoms with E-state index >= 15 is 0 Å². The second-order valence-electron chi connectivity index (χ2n) is 4.77. The summed E-state index contributed by atoms with van der Waals surface area (Å²) in [6, 6.07) is 9.38. The molecule has 2 aromatic rings. The molecule has 0 aliphatic heterocycles. The zero-order valence-electron chi connectivity index (χ0n) is 11.9. The zero-order valence-corrected chi connectivity index (χ0v) is 11.9. The van der Waals surface area contributed by atoms with Gasteiger partial charge in [-0.2, -0.15) is 0 Å². The third-order valence-electron chi connectivity index (χ3n) is 3.31. The molecular weight excluding hydrogens is 270 g/mol. The molecule has 1 N–H and O–H groups in total. The first-order valence-electron chi connectivity index (χ1n) is 6.56. The Morgan fingerprint density at radius 1 is 1.24 bits per heavy atom. The third kappa shape index (κ3) is 3.31. The maximum Gasteiger partial charge on any atom is 0.329 e. The number of esters is 1. The second kappa shape index (κ2) is 6.26. The maximum atomic E-state index is 12.1. The summed E-state index contributed by atoms with van der Waals surface area (Å²) in [5, 5.41) is 9.31. The highest BCUT2D eigenvalue weighted by Gasteiger charge is 2.24. The summed E-state index contributed by atoms with van der Waals surface area (Å²) in [6.07, 6.45) is 2.07. The Bertz CT molecular complexity index is 643. The Labute approximate surface area is 122 Å². The molecule has 1 aromatic heterocycles. The summed E-state index contributed by atoms with van der Waals surface area (Å²) in [7, 11) is 1.32. The van der Waals surface area contributed by atoms with Crippen LogP contribution in [0.1, 0.15) is 29.0 Å². The van der Waals surface area contributed by atoms with Crippen molar-refractivity contribution in [1.82, 2.24) is 4.57 Å². The number of benzene rings is 1. The highest BCUT2D eigenvalue weighted by atomic mass is 16.5. The van der Waals surface area contributed by atoms with Gasteiger partial charge in [0.05, 0.1) is 12.8 Å². The van der Waals surface area contributed by atoms with Crippen LogP contribution in [-0.2, 0) is 16.0 Å². The first kappa shape index (κ1) is 14.8. The second-order valence-corrected chi connectivity index (χ2v) is 4.77. The highest BCUT2D eigenvalue weighted by molar-refractivity contribution is 5.93. The van der Waals surface area contributed by atoms with Gasteiger partial charge in [-0.05, 0) is 29.8 Å². The lowest BCUT2D eigenvalue weighted by Gasteiger charge is -2.19. The molecule has 5 nitrogen and oxygen atoms in total. The minimum absolute atomic E-state index is 0.111. The highest BCUT2D eigenvalue weighted by Crippen LogP contribution is 2.21. The van der Waals surface area contributed by atoms with Crippen molar-refractivity contribution < 1.29 is 19.4 Å². The number of rotatable bonds is 5. The van der Waals surface area contributed by atoms with Gasteiger partial charge < -0.3 is 14.4 Å². The normalized spacial score (nSPS) is 11.9. The fourth-order valence-corrected chi connectivity index (χ4v) is 2.25. The van der Waals surface area contributed by atoms with Crippen LogP contribution < -0.4 is 0 Å². The van der Waals surface area contributed by atoms with E-state index in [1.54, 1.807) is 47.2 Å². The molecule has 0 spiro atoms. The summed E-state index contributed by atoms with van der Waals surface area (Å²) >= 11 is 0. The molecule has 0 radical (unpaired) electrons. The quantitative estimate of drug-likeness (QED) is 0.677. The minimum Gasteiger partial charge on any atom is -0.508 e. The van der Waals surface area contributed by atoms with Crippen LogP contribution in [-0.4, -0.2) is 28.5 Å². The fourth-order valence-electron chi connectivity index (χ4n) is 2.25. The molecule has 21 heavy (non-hydrogen) atoms. The number of phenolic OH excluding ortho intramolecular Hbond substituents is 1. The Kier molecular flexibility index (Phi) is 4.42. The first-order valence-corrected chi connectivity index (χ1v) is 6.56. The van der Waals surface area contributed by atoms with Crippen LogP contribution in [0.4, 0.5) is 0 Å². The van der Waals surface area contributed by atoms with Crippen molar-refractivity contribution in [2.24, 2.45) is 0 Å². The monoisotopic (exact) mass is 287 g/mol. The number of carbonyl (C=O) groups is 2. The fraction of sp³-hybridized carbons (Fsp3) is 0.250. The topological polar surface area (TPSA) is 68.5 Å². The summed E-state index contributed by atoms with van der Waals surface area (Å²) in [6.45, 7) is 1.46. The van der Waals surface area contributed by atoms with Gasteiger partial charge in [0.2, 0.25) is 0 Å². The van der Waals surface area contributed by atoms with Gasteiger partial charge in [0.15, 0.2) is 5.78 Å². The van der Waals surface area contributed by atoms with Crippen LogP contribution in [0.2, 0.25) is 0 Å². The summed E-state index contributed by atoms with van der Waals surface area (Å²) in [5.41, 5.74) is 1.33. The van der Waals surface area contributed by atoms with Crippen molar-refractivity contribution in [3.8, 4) is 5.75 Å². The number of hydrogen-bond acceptors (Lipinski definition) is 4. The SMILES string of the molecule is COC(=O)[C@H](Cc1ccc(O)cc1)n1cccc1C(C)=O. The van der Waals surface area contributed by atoms with Gasteiger partial charge in [-0.25, -0.2) is 4.79 Å². The Balaban J connectivity index is 2.34. The van der Waals surface area contributed by atoms with Crippen molar-refractivity contribution in [1.29, 1.82) is 0 Å². The Hall–Kier alpha value is -2.56. The smallest absolute Gasteiger partial charge is 0.329 e. The lowest BCUT2D eigenvalue weighted by Crippen LogP contribution is -2.25. The predicted molar refractivity (Wildman–Crippen MR) is 77.3 cm³/mol. The molecule has 1 heterocycles. The van der Waals surface area contributed by atoms with Crippen LogP contribution in [0.15, 0.2) is 42.6 Å². The predicted octanol–water partition coefficient (Wildman–Crippen LogP) is 2.35. The number of methoxy groups -OCH3 is 1. The van der Waals surface area contributed by atoms with Gasteiger partial charge >= 0.3 is 5.97 Å².